The molecule has 0 radical (unpaired) electrons. The molecule has 36 heavy (non-hydrogen) atoms. The highest BCUT2D eigenvalue weighted by Crippen LogP contribution is 2.27. The van der Waals surface area contributed by atoms with Crippen LogP contribution in [-0.2, 0) is 16.1 Å². The number of benzene rings is 3. The Hall–Kier alpha value is -4.54. The largest absolute Gasteiger partial charge is 0.461 e. The molecular weight excluding hydrogens is 484 g/mol. The molecule has 7 nitrogen and oxygen atoms in total. The summed E-state index contributed by atoms with van der Waals surface area (Å²) in [6.07, 6.45) is -5.94. The van der Waals surface area contributed by atoms with Gasteiger partial charge in [0.25, 0.3) is 0 Å². The van der Waals surface area contributed by atoms with Gasteiger partial charge < -0.3 is 25.7 Å². The van der Waals surface area contributed by atoms with Crippen molar-refractivity contribution in [3.8, 4) is 11.5 Å². The number of alkyl halides is 4. The maximum atomic E-state index is 12.9. The summed E-state index contributed by atoms with van der Waals surface area (Å²) in [4.78, 5) is 24.2. The molecule has 0 saturated carbocycles. The number of carbonyl (C=O) groups excluding carboxylic acids is 2. The molecule has 0 spiro atoms. The number of ether oxygens (including phenoxy) is 3. The standard InChI is InChI=1S/C25H20F4N2O5/c26-24(27)25(28,29)36-21-8-4-17(5-9-21)23(33)35-20-6-1-15(2-7-20)3-10-22(32)34-14-16-11-18(30)13-19(31)12-16/h1-13,24H,14,30-31H2/b10-3+. The number of rotatable bonds is 9. The minimum absolute atomic E-state index is 0.00491. The minimum Gasteiger partial charge on any atom is -0.458 e. The first-order valence-corrected chi connectivity index (χ1v) is 10.3. The summed E-state index contributed by atoms with van der Waals surface area (Å²) < 4.78 is 64.5. The summed E-state index contributed by atoms with van der Waals surface area (Å²) in [6, 6.07) is 15.0. The monoisotopic (exact) mass is 504 g/mol. The van der Waals surface area contributed by atoms with Gasteiger partial charge in [0.1, 0.15) is 18.1 Å². The number of hydrogen-bond acceptors (Lipinski definition) is 7. The van der Waals surface area contributed by atoms with Crippen molar-refractivity contribution in [1.29, 1.82) is 0 Å². The van der Waals surface area contributed by atoms with Gasteiger partial charge in [-0.25, -0.2) is 9.59 Å². The molecule has 3 aromatic carbocycles. The number of nitrogen functional groups attached to an aromatic ring is 2. The van der Waals surface area contributed by atoms with Crippen molar-refractivity contribution in [3.05, 3.63) is 89.5 Å². The van der Waals surface area contributed by atoms with E-state index >= 15 is 0 Å². The van der Waals surface area contributed by atoms with E-state index in [1.54, 1.807) is 30.3 Å². The highest BCUT2D eigenvalue weighted by atomic mass is 19.3. The second-order valence-corrected chi connectivity index (χ2v) is 7.40. The average Bonchev–Trinajstić information content (AvgIpc) is 2.82. The molecule has 3 rings (SSSR count). The van der Waals surface area contributed by atoms with Crippen molar-refractivity contribution in [2.45, 2.75) is 19.1 Å². The lowest BCUT2D eigenvalue weighted by Crippen LogP contribution is -2.33. The summed E-state index contributed by atoms with van der Waals surface area (Å²) in [5.41, 5.74) is 13.5. The zero-order chi connectivity index (χ0) is 26.3. The SMILES string of the molecule is Nc1cc(N)cc(COC(=O)/C=C/c2ccc(OC(=O)c3ccc(OC(F)(F)C(F)F)cc3)cc2)c1. The maximum Gasteiger partial charge on any atom is 0.461 e. The van der Waals surface area contributed by atoms with E-state index in [-0.39, 0.29) is 17.9 Å². The highest BCUT2D eigenvalue weighted by Gasteiger charge is 2.43. The van der Waals surface area contributed by atoms with Crippen LogP contribution in [0.4, 0.5) is 28.9 Å². The molecule has 0 amide bonds. The number of halogens is 4. The average molecular weight is 504 g/mol. The van der Waals surface area contributed by atoms with Crippen LogP contribution in [0.5, 0.6) is 11.5 Å². The molecule has 0 heterocycles. The topological polar surface area (TPSA) is 114 Å². The lowest BCUT2D eigenvalue weighted by atomic mass is 10.2. The third kappa shape index (κ3) is 7.49. The van der Waals surface area contributed by atoms with Gasteiger partial charge in [0.2, 0.25) is 0 Å². The van der Waals surface area contributed by atoms with Crippen LogP contribution < -0.4 is 20.9 Å². The van der Waals surface area contributed by atoms with Crippen molar-refractivity contribution < 1.29 is 41.4 Å². The molecule has 0 atom stereocenters. The van der Waals surface area contributed by atoms with Crippen LogP contribution in [0.2, 0.25) is 0 Å². The van der Waals surface area contributed by atoms with E-state index in [0.717, 1.165) is 24.3 Å². The second kappa shape index (κ2) is 11.3. The predicted octanol–water partition coefficient (Wildman–Crippen LogP) is 5.06. The van der Waals surface area contributed by atoms with Gasteiger partial charge in [0.05, 0.1) is 5.56 Å². The molecular formula is C25H20F4N2O5. The van der Waals surface area contributed by atoms with Crippen LogP contribution >= 0.6 is 0 Å². The lowest BCUT2D eigenvalue weighted by Gasteiger charge is -2.16. The second-order valence-electron chi connectivity index (χ2n) is 7.40. The van der Waals surface area contributed by atoms with E-state index in [4.69, 9.17) is 20.9 Å². The van der Waals surface area contributed by atoms with Gasteiger partial charge in [-0.3, -0.25) is 0 Å². The van der Waals surface area contributed by atoms with Crippen molar-refractivity contribution >= 4 is 29.4 Å². The van der Waals surface area contributed by atoms with Crippen LogP contribution in [-0.4, -0.2) is 24.5 Å². The van der Waals surface area contributed by atoms with Crippen molar-refractivity contribution in [3.63, 3.8) is 0 Å². The van der Waals surface area contributed by atoms with Crippen LogP contribution in [0.15, 0.2) is 72.8 Å². The Bertz CT molecular complexity index is 1230. The van der Waals surface area contributed by atoms with Crippen molar-refractivity contribution in [2.24, 2.45) is 0 Å². The van der Waals surface area contributed by atoms with E-state index in [0.29, 0.717) is 22.5 Å². The Labute approximate surface area is 202 Å². The van der Waals surface area contributed by atoms with E-state index in [1.165, 1.54) is 24.3 Å². The summed E-state index contributed by atoms with van der Waals surface area (Å²) in [5.74, 6) is -1.77. The van der Waals surface area contributed by atoms with Gasteiger partial charge in [-0.2, -0.15) is 17.6 Å². The Morgan fingerprint density at radius 2 is 1.47 bits per heavy atom. The Morgan fingerprint density at radius 3 is 2.06 bits per heavy atom. The van der Waals surface area contributed by atoms with E-state index in [2.05, 4.69) is 4.74 Å². The fraction of sp³-hybridized carbons (Fsp3) is 0.120. The first-order chi connectivity index (χ1) is 17.0. The number of hydrogen-bond donors (Lipinski definition) is 2. The van der Waals surface area contributed by atoms with Gasteiger partial charge in [0.15, 0.2) is 0 Å². The molecule has 0 bridgehead atoms. The van der Waals surface area contributed by atoms with Gasteiger partial charge in [0, 0.05) is 17.5 Å². The van der Waals surface area contributed by atoms with Crippen LogP contribution in [0.25, 0.3) is 6.08 Å². The Balaban J connectivity index is 1.51. The maximum absolute atomic E-state index is 12.9. The van der Waals surface area contributed by atoms with Crippen LogP contribution in [0, 0.1) is 0 Å². The molecule has 188 valence electrons. The van der Waals surface area contributed by atoms with E-state index < -0.39 is 30.2 Å². The minimum atomic E-state index is -4.65. The molecule has 0 aliphatic carbocycles. The van der Waals surface area contributed by atoms with Gasteiger partial charge in [-0.1, -0.05) is 12.1 Å². The lowest BCUT2D eigenvalue weighted by molar-refractivity contribution is -0.253. The zero-order valence-corrected chi connectivity index (χ0v) is 18.5. The molecule has 0 aliphatic rings. The predicted molar refractivity (Wildman–Crippen MR) is 124 cm³/mol. The molecule has 0 unspecified atom stereocenters. The summed E-state index contributed by atoms with van der Waals surface area (Å²) in [6.45, 7) is -0.00491. The smallest absolute Gasteiger partial charge is 0.458 e. The Kier molecular flexibility index (Phi) is 8.15. The summed E-state index contributed by atoms with van der Waals surface area (Å²) in [5, 5.41) is 0. The molecule has 0 aliphatic heterocycles. The van der Waals surface area contributed by atoms with Gasteiger partial charge >= 0.3 is 24.5 Å². The van der Waals surface area contributed by atoms with E-state index in [1.807, 2.05) is 0 Å². The normalized spacial score (nSPS) is 11.5. The third-order valence-electron chi connectivity index (χ3n) is 4.52. The Morgan fingerprint density at radius 1 is 0.889 bits per heavy atom. The van der Waals surface area contributed by atoms with Gasteiger partial charge in [-0.15, -0.1) is 0 Å². The quantitative estimate of drug-likeness (QED) is 0.138. The van der Waals surface area contributed by atoms with Crippen LogP contribution in [0.3, 0.4) is 0 Å². The summed E-state index contributed by atoms with van der Waals surface area (Å²) in [7, 11) is 0. The number of carbonyl (C=O) groups is 2. The fourth-order valence-electron chi connectivity index (χ4n) is 2.87. The zero-order valence-electron chi connectivity index (χ0n) is 18.5. The van der Waals surface area contributed by atoms with Gasteiger partial charge in [-0.05, 0) is 71.8 Å². The highest BCUT2D eigenvalue weighted by molar-refractivity contribution is 5.91. The molecule has 0 aromatic heterocycles. The number of esters is 2. The number of nitrogens with two attached hydrogens (primary N) is 2. The molecule has 4 N–H and O–H groups in total. The van der Waals surface area contributed by atoms with E-state index in [9.17, 15) is 27.2 Å². The number of anilines is 2. The fourth-order valence-corrected chi connectivity index (χ4v) is 2.87. The van der Waals surface area contributed by atoms with Crippen LogP contribution in [0.1, 0.15) is 21.5 Å². The molecule has 11 heteroatoms. The first kappa shape index (κ1) is 26.1. The van der Waals surface area contributed by atoms with Crippen molar-refractivity contribution in [1.82, 2.24) is 0 Å². The summed E-state index contributed by atoms with van der Waals surface area (Å²) >= 11 is 0. The molecule has 3 aromatic rings. The van der Waals surface area contributed by atoms with Crippen molar-refractivity contribution in [2.75, 3.05) is 11.5 Å². The molecule has 0 fully saturated rings. The molecule has 0 saturated heterocycles. The first-order valence-electron chi connectivity index (χ1n) is 10.3. The third-order valence-corrected chi connectivity index (χ3v) is 4.52.